The van der Waals surface area contributed by atoms with Crippen LogP contribution in [0.2, 0.25) is 0 Å². The molecule has 0 bridgehead atoms. The van der Waals surface area contributed by atoms with Crippen molar-refractivity contribution in [2.45, 2.75) is 19.9 Å². The van der Waals surface area contributed by atoms with Crippen molar-refractivity contribution in [2.24, 2.45) is 5.73 Å². The van der Waals surface area contributed by atoms with Gasteiger partial charge in [-0.05, 0) is 24.6 Å². The van der Waals surface area contributed by atoms with Crippen molar-refractivity contribution in [3.8, 4) is 0 Å². The maximum absolute atomic E-state index is 10.9. The van der Waals surface area contributed by atoms with Crippen LogP contribution in [0.15, 0.2) is 18.2 Å². The second-order valence-electron chi connectivity index (χ2n) is 3.38. The number of amides is 1. The minimum absolute atomic E-state index is 0.443. The van der Waals surface area contributed by atoms with Crippen LogP contribution in [0.25, 0.3) is 11.0 Å². The maximum Gasteiger partial charge on any atom is 0.248 e. The molecule has 5 nitrogen and oxygen atoms in total. The van der Waals surface area contributed by atoms with E-state index in [0.717, 1.165) is 18.5 Å². The minimum Gasteiger partial charge on any atom is -0.366 e. The summed E-state index contributed by atoms with van der Waals surface area (Å²) in [7, 11) is 0. The molecule has 1 amide bonds. The van der Waals surface area contributed by atoms with Crippen LogP contribution in [0.5, 0.6) is 0 Å². The molecule has 1 heterocycles. The molecule has 15 heavy (non-hydrogen) atoms. The van der Waals surface area contributed by atoms with Gasteiger partial charge in [0, 0.05) is 12.1 Å². The van der Waals surface area contributed by atoms with Crippen molar-refractivity contribution in [1.29, 1.82) is 0 Å². The van der Waals surface area contributed by atoms with Crippen LogP contribution in [0.4, 0.5) is 0 Å². The molecule has 0 spiro atoms. The van der Waals surface area contributed by atoms with E-state index in [0.29, 0.717) is 11.1 Å². The Hall–Kier alpha value is -1.91. The lowest BCUT2D eigenvalue weighted by atomic mass is 10.2. The zero-order chi connectivity index (χ0) is 10.8. The van der Waals surface area contributed by atoms with Crippen LogP contribution in [0.1, 0.15) is 23.7 Å². The molecule has 1 aromatic carbocycles. The predicted octanol–water partition coefficient (Wildman–Crippen LogP) is 0.940. The largest absolute Gasteiger partial charge is 0.366 e. The number of hydrogen-bond donors (Lipinski definition) is 1. The fourth-order valence-corrected chi connectivity index (χ4v) is 1.50. The molecule has 2 rings (SSSR count). The van der Waals surface area contributed by atoms with Gasteiger partial charge < -0.3 is 5.73 Å². The first-order valence-corrected chi connectivity index (χ1v) is 4.85. The first-order valence-electron chi connectivity index (χ1n) is 4.85. The van der Waals surface area contributed by atoms with Crippen molar-refractivity contribution >= 4 is 16.9 Å². The van der Waals surface area contributed by atoms with Gasteiger partial charge in [0.2, 0.25) is 5.91 Å². The molecule has 0 aliphatic carbocycles. The smallest absolute Gasteiger partial charge is 0.248 e. The number of nitrogens with zero attached hydrogens (tertiary/aromatic N) is 3. The van der Waals surface area contributed by atoms with Crippen LogP contribution in [0, 0.1) is 0 Å². The van der Waals surface area contributed by atoms with Gasteiger partial charge in [-0.3, -0.25) is 4.79 Å². The Bertz CT molecular complexity index is 503. The number of aromatic nitrogens is 3. The summed E-state index contributed by atoms with van der Waals surface area (Å²) in [5.41, 5.74) is 7.28. The summed E-state index contributed by atoms with van der Waals surface area (Å²) in [6.45, 7) is 2.90. The van der Waals surface area contributed by atoms with Gasteiger partial charge in [-0.25, -0.2) is 4.68 Å². The highest BCUT2D eigenvalue weighted by Gasteiger charge is 2.06. The molecule has 0 saturated heterocycles. The first-order chi connectivity index (χ1) is 7.22. The molecule has 0 atom stereocenters. The topological polar surface area (TPSA) is 73.8 Å². The third kappa shape index (κ3) is 1.68. The van der Waals surface area contributed by atoms with E-state index in [1.807, 2.05) is 10.7 Å². The summed E-state index contributed by atoms with van der Waals surface area (Å²) >= 11 is 0. The highest BCUT2D eigenvalue weighted by molar-refractivity contribution is 5.96. The van der Waals surface area contributed by atoms with Gasteiger partial charge in [0.25, 0.3) is 0 Å². The van der Waals surface area contributed by atoms with Gasteiger partial charge in [-0.15, -0.1) is 5.10 Å². The Kier molecular flexibility index (Phi) is 2.37. The van der Waals surface area contributed by atoms with Gasteiger partial charge in [-0.1, -0.05) is 12.1 Å². The van der Waals surface area contributed by atoms with E-state index in [1.54, 1.807) is 12.1 Å². The van der Waals surface area contributed by atoms with Gasteiger partial charge in [0.15, 0.2) is 0 Å². The summed E-state index contributed by atoms with van der Waals surface area (Å²) in [5, 5.41) is 7.99. The SMILES string of the molecule is CCCn1nnc2cc(C(N)=O)ccc21. The Labute approximate surface area is 86.9 Å². The van der Waals surface area contributed by atoms with Gasteiger partial charge in [0.1, 0.15) is 5.52 Å². The fourth-order valence-electron chi connectivity index (χ4n) is 1.50. The maximum atomic E-state index is 10.9. The molecule has 1 aromatic heterocycles. The number of hydrogen-bond acceptors (Lipinski definition) is 3. The number of fused-ring (bicyclic) bond motifs is 1. The van der Waals surface area contributed by atoms with Gasteiger partial charge in [-0.2, -0.15) is 0 Å². The molecule has 0 aliphatic heterocycles. The Morgan fingerprint density at radius 2 is 2.33 bits per heavy atom. The van der Waals surface area contributed by atoms with Crippen LogP contribution < -0.4 is 5.73 Å². The van der Waals surface area contributed by atoms with E-state index >= 15 is 0 Å². The molecule has 5 heteroatoms. The van der Waals surface area contributed by atoms with E-state index in [1.165, 1.54) is 0 Å². The first kappa shape index (κ1) is 9.64. The summed E-state index contributed by atoms with van der Waals surface area (Å²) < 4.78 is 1.82. The van der Waals surface area contributed by atoms with E-state index < -0.39 is 5.91 Å². The molecule has 78 valence electrons. The lowest BCUT2D eigenvalue weighted by Gasteiger charge is -1.99. The van der Waals surface area contributed by atoms with Crippen molar-refractivity contribution in [3.05, 3.63) is 23.8 Å². The number of rotatable bonds is 3. The van der Waals surface area contributed by atoms with Crippen molar-refractivity contribution in [3.63, 3.8) is 0 Å². The number of aryl methyl sites for hydroxylation is 1. The number of primary amides is 1. The number of carbonyl (C=O) groups excluding carboxylic acids is 1. The van der Waals surface area contributed by atoms with Gasteiger partial charge >= 0.3 is 0 Å². The van der Waals surface area contributed by atoms with E-state index in [-0.39, 0.29) is 0 Å². The lowest BCUT2D eigenvalue weighted by Crippen LogP contribution is -2.10. The molecular weight excluding hydrogens is 192 g/mol. The van der Waals surface area contributed by atoms with E-state index in [9.17, 15) is 4.79 Å². The van der Waals surface area contributed by atoms with Crippen LogP contribution in [-0.4, -0.2) is 20.9 Å². The average molecular weight is 204 g/mol. The Morgan fingerprint density at radius 1 is 1.53 bits per heavy atom. The van der Waals surface area contributed by atoms with Crippen molar-refractivity contribution in [2.75, 3.05) is 0 Å². The summed E-state index contributed by atoms with van der Waals surface area (Å²) in [6, 6.07) is 5.18. The van der Waals surface area contributed by atoms with Crippen molar-refractivity contribution in [1.82, 2.24) is 15.0 Å². The number of carbonyl (C=O) groups is 1. The highest BCUT2D eigenvalue weighted by atomic mass is 16.1. The van der Waals surface area contributed by atoms with Crippen LogP contribution >= 0.6 is 0 Å². The predicted molar refractivity (Wildman–Crippen MR) is 56.3 cm³/mol. The van der Waals surface area contributed by atoms with Gasteiger partial charge in [0.05, 0.1) is 5.52 Å². The minimum atomic E-state index is -0.443. The standard InChI is InChI=1S/C10H12N4O/c1-2-5-14-9-4-3-7(10(11)15)6-8(9)12-13-14/h3-4,6H,2,5H2,1H3,(H2,11,15). The molecular formula is C10H12N4O. The van der Waals surface area contributed by atoms with Crippen molar-refractivity contribution < 1.29 is 4.79 Å². The summed E-state index contributed by atoms with van der Waals surface area (Å²) in [5.74, 6) is -0.443. The monoisotopic (exact) mass is 204 g/mol. The molecule has 0 saturated carbocycles. The quantitative estimate of drug-likeness (QED) is 0.808. The third-order valence-corrected chi connectivity index (χ3v) is 2.23. The second kappa shape index (κ2) is 3.68. The lowest BCUT2D eigenvalue weighted by molar-refractivity contribution is 0.100. The zero-order valence-corrected chi connectivity index (χ0v) is 8.47. The normalized spacial score (nSPS) is 10.7. The Morgan fingerprint density at radius 3 is 3.00 bits per heavy atom. The second-order valence-corrected chi connectivity index (χ2v) is 3.38. The molecule has 0 fully saturated rings. The molecule has 2 aromatic rings. The molecule has 0 radical (unpaired) electrons. The zero-order valence-electron chi connectivity index (χ0n) is 8.47. The number of nitrogens with two attached hydrogens (primary N) is 1. The summed E-state index contributed by atoms with van der Waals surface area (Å²) in [6.07, 6.45) is 0.996. The third-order valence-electron chi connectivity index (χ3n) is 2.23. The molecule has 2 N–H and O–H groups in total. The number of benzene rings is 1. The van der Waals surface area contributed by atoms with E-state index in [4.69, 9.17) is 5.73 Å². The van der Waals surface area contributed by atoms with Crippen LogP contribution in [0.3, 0.4) is 0 Å². The highest BCUT2D eigenvalue weighted by Crippen LogP contribution is 2.13. The van der Waals surface area contributed by atoms with Crippen LogP contribution in [-0.2, 0) is 6.54 Å². The van der Waals surface area contributed by atoms with E-state index in [2.05, 4.69) is 17.2 Å². The molecule has 0 aliphatic rings. The molecule has 0 unspecified atom stereocenters. The Balaban J connectivity index is 2.51. The summed E-state index contributed by atoms with van der Waals surface area (Å²) in [4.78, 5) is 10.9. The fraction of sp³-hybridized carbons (Fsp3) is 0.300. The average Bonchev–Trinajstić information content (AvgIpc) is 2.61.